The number of hydrogen-bond acceptors (Lipinski definition) is 5. The van der Waals surface area contributed by atoms with Gasteiger partial charge in [-0.25, -0.2) is 4.79 Å². The van der Waals surface area contributed by atoms with Crippen molar-refractivity contribution < 1.29 is 23.9 Å². The maximum absolute atomic E-state index is 12.9. The normalized spacial score (nSPS) is 13.6. The Morgan fingerprint density at radius 3 is 1.77 bits per heavy atom. The highest BCUT2D eigenvalue weighted by molar-refractivity contribution is 6.55. The van der Waals surface area contributed by atoms with Crippen LogP contribution in [0.25, 0.3) is 11.1 Å². The Bertz CT molecular complexity index is 1330. The van der Waals surface area contributed by atoms with Crippen molar-refractivity contribution in [2.24, 2.45) is 0 Å². The van der Waals surface area contributed by atoms with Crippen molar-refractivity contribution >= 4 is 70.0 Å². The second-order valence-corrected chi connectivity index (χ2v) is 9.15. The second-order valence-electron chi connectivity index (χ2n) is 7.64. The van der Waals surface area contributed by atoms with Crippen LogP contribution in [-0.4, -0.2) is 41.1 Å². The fourth-order valence-corrected chi connectivity index (χ4v) is 4.66. The van der Waals surface area contributed by atoms with Gasteiger partial charge in [-0.2, -0.15) is 0 Å². The largest absolute Gasteiger partial charge is 0.456 e. The van der Waals surface area contributed by atoms with Crippen LogP contribution in [0.1, 0.15) is 38.0 Å². The van der Waals surface area contributed by atoms with Crippen molar-refractivity contribution in [2.75, 3.05) is 6.61 Å². The molecular weight excluding hydrogens is 536 g/mol. The average Bonchev–Trinajstić information content (AvgIpc) is 3.14. The number of ether oxygens (including phenoxy) is 1. The lowest BCUT2D eigenvalue weighted by atomic mass is 10.0. The Morgan fingerprint density at radius 2 is 1.26 bits per heavy atom. The van der Waals surface area contributed by atoms with Crippen LogP contribution in [0.4, 0.5) is 0 Å². The molecular formula is C25H15Cl4NO5. The van der Waals surface area contributed by atoms with Crippen LogP contribution >= 0.6 is 46.4 Å². The van der Waals surface area contributed by atoms with Gasteiger partial charge in [-0.05, 0) is 18.1 Å². The smallest absolute Gasteiger partial charge is 0.329 e. The summed E-state index contributed by atoms with van der Waals surface area (Å²) in [5, 5.41) is -0.850. The van der Waals surface area contributed by atoms with Crippen molar-refractivity contribution in [3.05, 3.63) is 91.4 Å². The fourth-order valence-electron chi connectivity index (χ4n) is 3.64. The summed E-state index contributed by atoms with van der Waals surface area (Å²) in [6.07, 6.45) is 0. The molecule has 0 N–H and O–H groups in total. The number of hydrogen-bond donors (Lipinski definition) is 0. The van der Waals surface area contributed by atoms with Gasteiger partial charge in [0, 0.05) is 5.56 Å². The Hall–Kier alpha value is -2.90. The third-order valence-corrected chi connectivity index (χ3v) is 7.32. The summed E-state index contributed by atoms with van der Waals surface area (Å²) >= 11 is 24.2. The summed E-state index contributed by atoms with van der Waals surface area (Å²) in [6, 6.07) is 15.1. The summed E-state index contributed by atoms with van der Waals surface area (Å²) in [7, 11) is 0. The van der Waals surface area contributed by atoms with Gasteiger partial charge in [-0.3, -0.25) is 19.3 Å². The molecule has 0 aromatic heterocycles. The molecule has 0 saturated carbocycles. The molecule has 1 aliphatic heterocycles. The minimum atomic E-state index is -1.36. The molecule has 3 aromatic rings. The molecule has 0 radical (unpaired) electrons. The SMILES string of the molecule is C[C@H](C(=O)OCC(=O)c1ccc(-c2ccccc2)cc1)N1C(=O)c2c(Cl)c(Cl)c(Cl)c(Cl)c2C1=O. The molecule has 3 aromatic carbocycles. The zero-order valence-electron chi connectivity index (χ0n) is 18.0. The number of amides is 2. The van der Waals surface area contributed by atoms with E-state index in [0.717, 1.165) is 11.1 Å². The number of benzene rings is 3. The number of imide groups is 1. The van der Waals surface area contributed by atoms with Gasteiger partial charge in [0.25, 0.3) is 11.8 Å². The minimum Gasteiger partial charge on any atom is -0.456 e. The summed E-state index contributed by atoms with van der Waals surface area (Å²) in [6.45, 7) is 0.713. The molecule has 0 fully saturated rings. The molecule has 1 atom stereocenters. The molecule has 2 amide bonds. The summed E-state index contributed by atoms with van der Waals surface area (Å²) in [5.41, 5.74) is 1.77. The molecule has 0 spiro atoms. The third kappa shape index (κ3) is 4.55. The van der Waals surface area contributed by atoms with E-state index < -0.39 is 36.2 Å². The van der Waals surface area contributed by atoms with Crippen LogP contribution in [0.2, 0.25) is 20.1 Å². The maximum atomic E-state index is 12.9. The lowest BCUT2D eigenvalue weighted by Gasteiger charge is -2.20. The third-order valence-electron chi connectivity index (χ3n) is 5.52. The topological polar surface area (TPSA) is 80.8 Å². The zero-order valence-corrected chi connectivity index (χ0v) is 21.0. The maximum Gasteiger partial charge on any atom is 0.329 e. The Labute approximate surface area is 220 Å². The van der Waals surface area contributed by atoms with E-state index in [9.17, 15) is 19.2 Å². The Balaban J connectivity index is 1.45. The molecule has 178 valence electrons. The van der Waals surface area contributed by atoms with E-state index in [1.54, 1.807) is 24.3 Å². The number of esters is 1. The van der Waals surface area contributed by atoms with E-state index in [-0.39, 0.29) is 31.2 Å². The molecule has 10 heteroatoms. The van der Waals surface area contributed by atoms with E-state index in [1.165, 1.54) is 6.92 Å². The molecule has 0 unspecified atom stereocenters. The van der Waals surface area contributed by atoms with E-state index in [2.05, 4.69) is 0 Å². The van der Waals surface area contributed by atoms with E-state index in [4.69, 9.17) is 51.1 Å². The summed E-state index contributed by atoms with van der Waals surface area (Å²) in [4.78, 5) is 51.6. The lowest BCUT2D eigenvalue weighted by Crippen LogP contribution is -2.44. The quantitative estimate of drug-likeness (QED) is 0.117. The number of Topliss-reactive ketones (excluding diaryl/α,β-unsaturated/α-hetero) is 1. The highest BCUT2D eigenvalue weighted by Crippen LogP contribution is 2.45. The number of carbonyl (C=O) groups is 4. The number of fused-ring (bicyclic) bond motifs is 1. The van der Waals surface area contributed by atoms with Gasteiger partial charge in [0.05, 0.1) is 31.2 Å². The first-order chi connectivity index (χ1) is 16.6. The minimum absolute atomic E-state index is 0.181. The highest BCUT2D eigenvalue weighted by Gasteiger charge is 2.45. The van der Waals surface area contributed by atoms with Gasteiger partial charge in [0.1, 0.15) is 6.04 Å². The molecule has 1 aliphatic rings. The fraction of sp³-hybridized carbons (Fsp3) is 0.120. The van der Waals surface area contributed by atoms with Crippen molar-refractivity contribution in [3.8, 4) is 11.1 Å². The van der Waals surface area contributed by atoms with Crippen molar-refractivity contribution in [1.29, 1.82) is 0 Å². The van der Waals surface area contributed by atoms with Crippen molar-refractivity contribution in [1.82, 2.24) is 4.90 Å². The van der Waals surface area contributed by atoms with Crippen LogP contribution < -0.4 is 0 Å². The van der Waals surface area contributed by atoms with Crippen LogP contribution in [0.3, 0.4) is 0 Å². The van der Waals surface area contributed by atoms with E-state index in [1.807, 2.05) is 30.3 Å². The van der Waals surface area contributed by atoms with E-state index >= 15 is 0 Å². The van der Waals surface area contributed by atoms with Crippen molar-refractivity contribution in [2.45, 2.75) is 13.0 Å². The van der Waals surface area contributed by atoms with Crippen LogP contribution in [0.5, 0.6) is 0 Å². The molecule has 0 aliphatic carbocycles. The number of carbonyl (C=O) groups excluding carboxylic acids is 4. The molecule has 6 nitrogen and oxygen atoms in total. The van der Waals surface area contributed by atoms with Crippen LogP contribution in [0, 0.1) is 0 Å². The lowest BCUT2D eigenvalue weighted by molar-refractivity contribution is -0.146. The zero-order chi connectivity index (χ0) is 25.4. The predicted octanol–water partition coefficient (Wildman–Crippen LogP) is 6.38. The molecule has 35 heavy (non-hydrogen) atoms. The average molecular weight is 551 g/mol. The monoisotopic (exact) mass is 549 g/mol. The molecule has 0 saturated heterocycles. The first-order valence-corrected chi connectivity index (χ1v) is 11.7. The molecule has 0 bridgehead atoms. The Kier molecular flexibility index (Phi) is 7.20. The highest BCUT2D eigenvalue weighted by atomic mass is 35.5. The van der Waals surface area contributed by atoms with Crippen LogP contribution in [0.15, 0.2) is 54.6 Å². The van der Waals surface area contributed by atoms with Gasteiger partial charge in [0.15, 0.2) is 12.4 Å². The molecule has 1 heterocycles. The van der Waals surface area contributed by atoms with Gasteiger partial charge in [-0.15, -0.1) is 0 Å². The first-order valence-electron chi connectivity index (χ1n) is 10.2. The number of rotatable bonds is 6. The number of ketones is 1. The predicted molar refractivity (Wildman–Crippen MR) is 134 cm³/mol. The number of halogens is 4. The Morgan fingerprint density at radius 1 is 0.771 bits per heavy atom. The van der Waals surface area contributed by atoms with Crippen molar-refractivity contribution in [3.63, 3.8) is 0 Å². The van der Waals surface area contributed by atoms with Crippen LogP contribution in [-0.2, 0) is 9.53 Å². The first kappa shape index (κ1) is 25.2. The van der Waals surface area contributed by atoms with Gasteiger partial charge in [-0.1, -0.05) is 101 Å². The van der Waals surface area contributed by atoms with Gasteiger partial charge >= 0.3 is 5.97 Å². The summed E-state index contributed by atoms with van der Waals surface area (Å²) in [5.74, 6) is -3.15. The number of nitrogens with zero attached hydrogens (tertiary/aromatic N) is 1. The van der Waals surface area contributed by atoms with Gasteiger partial charge in [0.2, 0.25) is 0 Å². The van der Waals surface area contributed by atoms with E-state index in [0.29, 0.717) is 10.5 Å². The molecule has 4 rings (SSSR count). The van der Waals surface area contributed by atoms with Gasteiger partial charge < -0.3 is 4.74 Å². The standard InChI is InChI=1S/C25H15Cl4NO5/c1-12(30-23(32)17-18(24(30)33)20(27)22(29)21(28)19(17)26)25(34)35-11-16(31)15-9-7-14(8-10-15)13-5-3-2-4-6-13/h2-10,12H,11H2,1H3/t12-/m1/s1. The summed E-state index contributed by atoms with van der Waals surface area (Å²) < 4.78 is 5.10. The second kappa shape index (κ2) is 9.99.